The van der Waals surface area contributed by atoms with Crippen LogP contribution < -0.4 is 0 Å². The van der Waals surface area contributed by atoms with Crippen LogP contribution in [-0.2, 0) is 9.53 Å². The molecule has 25 heavy (non-hydrogen) atoms. The molecule has 0 aliphatic carbocycles. The summed E-state index contributed by atoms with van der Waals surface area (Å²) in [6.45, 7) is 4.25. The van der Waals surface area contributed by atoms with Crippen LogP contribution in [0.4, 0.5) is 0 Å². The van der Waals surface area contributed by atoms with E-state index in [1.165, 1.54) is 44.9 Å². The fourth-order valence-corrected chi connectivity index (χ4v) is 2.46. The molecule has 0 fully saturated rings. The Kier molecular flexibility index (Phi) is 18.4. The van der Waals surface area contributed by atoms with Gasteiger partial charge in [0.15, 0.2) is 0 Å². The lowest BCUT2D eigenvalue weighted by molar-refractivity contribution is -0.146. The van der Waals surface area contributed by atoms with Gasteiger partial charge in [-0.25, -0.2) is 0 Å². The van der Waals surface area contributed by atoms with E-state index in [1.54, 1.807) is 0 Å². The number of allylic oxidation sites excluding steroid dienone is 4. The maximum atomic E-state index is 11.4. The summed E-state index contributed by atoms with van der Waals surface area (Å²) in [7, 11) is 0. The Balaban J connectivity index is 3.30. The van der Waals surface area contributed by atoms with Crippen LogP contribution in [0.2, 0.25) is 0 Å². The molecule has 1 N–H and O–H groups in total. The number of carbonyl (C=O) groups excluding carboxylic acids is 1. The van der Waals surface area contributed by atoms with Crippen molar-refractivity contribution in [2.24, 2.45) is 0 Å². The van der Waals surface area contributed by atoms with E-state index in [-0.39, 0.29) is 12.6 Å². The third-order valence-electron chi connectivity index (χ3n) is 4.24. The van der Waals surface area contributed by atoms with E-state index in [0.29, 0.717) is 12.8 Å². The first-order chi connectivity index (χ1) is 12.2. The van der Waals surface area contributed by atoms with Gasteiger partial charge in [0.1, 0.15) is 6.61 Å². The van der Waals surface area contributed by atoms with Gasteiger partial charge in [-0.2, -0.15) is 0 Å². The molecule has 0 heterocycles. The average molecular weight is 353 g/mol. The maximum absolute atomic E-state index is 11.4. The third kappa shape index (κ3) is 19.1. The van der Waals surface area contributed by atoms with E-state index in [1.807, 2.05) is 6.92 Å². The summed E-state index contributed by atoms with van der Waals surface area (Å²) in [5.41, 5.74) is 0. The van der Waals surface area contributed by atoms with E-state index < -0.39 is 6.10 Å². The van der Waals surface area contributed by atoms with Crippen molar-refractivity contribution in [1.29, 1.82) is 0 Å². The van der Waals surface area contributed by atoms with Crippen molar-refractivity contribution in [2.45, 2.75) is 103 Å². The van der Waals surface area contributed by atoms with Gasteiger partial charge >= 0.3 is 5.97 Å². The quantitative estimate of drug-likeness (QED) is 0.195. The Hall–Kier alpha value is -1.09. The van der Waals surface area contributed by atoms with Crippen LogP contribution in [0.25, 0.3) is 0 Å². The van der Waals surface area contributed by atoms with Crippen molar-refractivity contribution < 1.29 is 14.6 Å². The number of hydrogen-bond acceptors (Lipinski definition) is 3. The lowest BCUT2D eigenvalue weighted by Gasteiger charge is -2.08. The average Bonchev–Trinajstić information content (AvgIpc) is 2.62. The molecule has 0 spiro atoms. The van der Waals surface area contributed by atoms with Crippen molar-refractivity contribution in [3.8, 4) is 0 Å². The van der Waals surface area contributed by atoms with Crippen LogP contribution >= 0.6 is 0 Å². The molecule has 0 aromatic heterocycles. The van der Waals surface area contributed by atoms with Gasteiger partial charge in [-0.1, -0.05) is 70.3 Å². The lowest BCUT2D eigenvalue weighted by atomic mass is 10.1. The minimum absolute atomic E-state index is 0.135. The second-order valence-corrected chi connectivity index (χ2v) is 6.73. The van der Waals surface area contributed by atoms with E-state index >= 15 is 0 Å². The molecule has 0 radical (unpaired) electrons. The Labute approximate surface area is 155 Å². The molecule has 0 rings (SSSR count). The maximum Gasteiger partial charge on any atom is 0.305 e. The van der Waals surface area contributed by atoms with Crippen molar-refractivity contribution in [2.75, 3.05) is 6.61 Å². The third-order valence-corrected chi connectivity index (χ3v) is 4.24. The molecule has 0 aromatic carbocycles. The highest BCUT2D eigenvalue weighted by molar-refractivity contribution is 5.69. The summed E-state index contributed by atoms with van der Waals surface area (Å²) < 4.78 is 5.01. The topological polar surface area (TPSA) is 46.5 Å². The molecule has 146 valence electrons. The molecule has 1 atom stereocenters. The summed E-state index contributed by atoms with van der Waals surface area (Å²) in [4.78, 5) is 11.4. The highest BCUT2D eigenvalue weighted by Gasteiger charge is 2.06. The van der Waals surface area contributed by atoms with Crippen LogP contribution in [0.1, 0.15) is 97.3 Å². The Morgan fingerprint density at radius 3 is 2.12 bits per heavy atom. The SMILES string of the molecule is CCCCC/C=C\C/C=C\CCCCCCCC(=O)OCC(O)CC. The van der Waals surface area contributed by atoms with Crippen molar-refractivity contribution in [3.05, 3.63) is 24.3 Å². The minimum atomic E-state index is -0.520. The molecule has 0 bridgehead atoms. The molecule has 0 aliphatic rings. The van der Waals surface area contributed by atoms with Gasteiger partial charge in [0, 0.05) is 6.42 Å². The summed E-state index contributed by atoms with van der Waals surface area (Å²) >= 11 is 0. The van der Waals surface area contributed by atoms with Gasteiger partial charge in [0.2, 0.25) is 0 Å². The molecule has 0 saturated heterocycles. The van der Waals surface area contributed by atoms with E-state index in [9.17, 15) is 9.90 Å². The van der Waals surface area contributed by atoms with Crippen LogP contribution in [-0.4, -0.2) is 23.8 Å². The summed E-state index contributed by atoms with van der Waals surface area (Å²) in [6, 6.07) is 0. The highest BCUT2D eigenvalue weighted by Crippen LogP contribution is 2.09. The molecule has 0 aromatic rings. The number of ether oxygens (including phenoxy) is 1. The predicted octanol–water partition coefficient (Wildman–Crippen LogP) is 6.11. The number of carbonyl (C=O) groups is 1. The second-order valence-electron chi connectivity index (χ2n) is 6.73. The van der Waals surface area contributed by atoms with Crippen LogP contribution in [0.15, 0.2) is 24.3 Å². The predicted molar refractivity (Wildman–Crippen MR) is 107 cm³/mol. The molecule has 3 heteroatoms. The summed E-state index contributed by atoms with van der Waals surface area (Å²) in [5, 5.41) is 9.32. The molecular formula is C22H40O3. The molecule has 0 aliphatic heterocycles. The van der Waals surface area contributed by atoms with Gasteiger partial charge in [-0.15, -0.1) is 0 Å². The number of rotatable bonds is 17. The number of aliphatic hydroxyl groups excluding tert-OH is 1. The zero-order valence-electron chi connectivity index (χ0n) is 16.5. The molecule has 0 saturated carbocycles. The number of unbranched alkanes of at least 4 members (excludes halogenated alkanes) is 8. The monoisotopic (exact) mass is 352 g/mol. The fourth-order valence-electron chi connectivity index (χ4n) is 2.46. The largest absolute Gasteiger partial charge is 0.463 e. The van der Waals surface area contributed by atoms with Crippen LogP contribution in [0, 0.1) is 0 Å². The number of hydrogen-bond donors (Lipinski definition) is 1. The fraction of sp³-hybridized carbons (Fsp3) is 0.773. The second kappa shape index (κ2) is 19.2. The standard InChI is InChI=1S/C22H40O3/c1-3-5-6-7-8-9-10-11-12-13-14-15-16-17-18-19-22(24)25-20-21(23)4-2/h8-9,11-12,21,23H,3-7,10,13-20H2,1-2H3/b9-8-,12-11-. The smallest absolute Gasteiger partial charge is 0.305 e. The lowest BCUT2D eigenvalue weighted by Crippen LogP contribution is -2.17. The Bertz CT molecular complexity index is 347. The first-order valence-electron chi connectivity index (χ1n) is 10.3. The Morgan fingerprint density at radius 1 is 0.880 bits per heavy atom. The molecule has 1 unspecified atom stereocenters. The first-order valence-corrected chi connectivity index (χ1v) is 10.3. The molecular weight excluding hydrogens is 312 g/mol. The minimum Gasteiger partial charge on any atom is -0.463 e. The zero-order chi connectivity index (χ0) is 18.6. The summed E-state index contributed by atoms with van der Waals surface area (Å²) in [5.74, 6) is -0.182. The molecule has 0 amide bonds. The number of esters is 1. The van der Waals surface area contributed by atoms with Crippen molar-refractivity contribution in [1.82, 2.24) is 0 Å². The highest BCUT2D eigenvalue weighted by atomic mass is 16.5. The van der Waals surface area contributed by atoms with Crippen molar-refractivity contribution >= 4 is 5.97 Å². The van der Waals surface area contributed by atoms with E-state index in [0.717, 1.165) is 25.7 Å². The van der Waals surface area contributed by atoms with Gasteiger partial charge in [-0.3, -0.25) is 4.79 Å². The van der Waals surface area contributed by atoms with E-state index in [2.05, 4.69) is 31.2 Å². The van der Waals surface area contributed by atoms with Gasteiger partial charge < -0.3 is 9.84 Å². The first kappa shape index (κ1) is 23.9. The van der Waals surface area contributed by atoms with Crippen molar-refractivity contribution in [3.63, 3.8) is 0 Å². The Morgan fingerprint density at radius 2 is 1.48 bits per heavy atom. The zero-order valence-corrected chi connectivity index (χ0v) is 16.5. The van der Waals surface area contributed by atoms with E-state index in [4.69, 9.17) is 4.74 Å². The summed E-state index contributed by atoms with van der Waals surface area (Å²) in [6.07, 6.45) is 22.7. The van der Waals surface area contributed by atoms with Gasteiger partial charge in [0.05, 0.1) is 6.10 Å². The molecule has 3 nitrogen and oxygen atoms in total. The van der Waals surface area contributed by atoms with Gasteiger partial charge in [0.25, 0.3) is 0 Å². The number of aliphatic hydroxyl groups is 1. The van der Waals surface area contributed by atoms with Gasteiger partial charge in [-0.05, 0) is 44.9 Å². The van der Waals surface area contributed by atoms with Crippen LogP contribution in [0.5, 0.6) is 0 Å². The van der Waals surface area contributed by atoms with Crippen LogP contribution in [0.3, 0.4) is 0 Å². The normalized spacial score (nSPS) is 12.9.